The minimum absolute atomic E-state index is 0.200. The van der Waals surface area contributed by atoms with Crippen molar-refractivity contribution >= 4 is 33.2 Å². The van der Waals surface area contributed by atoms with Crippen molar-refractivity contribution in [2.45, 2.75) is 44.3 Å². The molecule has 0 amide bonds. The van der Waals surface area contributed by atoms with E-state index in [1.807, 2.05) is 0 Å². The predicted molar refractivity (Wildman–Crippen MR) is 87.6 cm³/mol. The molecule has 1 aromatic heterocycles. The number of thiophene rings is 1. The lowest BCUT2D eigenvalue weighted by Gasteiger charge is -2.43. The van der Waals surface area contributed by atoms with Crippen molar-refractivity contribution in [3.63, 3.8) is 0 Å². The molecule has 6 heteroatoms. The molecule has 0 unspecified atom stereocenters. The Labute approximate surface area is 137 Å². The molecule has 2 aliphatic carbocycles. The van der Waals surface area contributed by atoms with Crippen LogP contribution in [0.2, 0.25) is 0 Å². The lowest BCUT2D eigenvalue weighted by molar-refractivity contribution is -0.139. The third-order valence-electron chi connectivity index (χ3n) is 4.34. The van der Waals surface area contributed by atoms with Crippen molar-refractivity contribution in [1.29, 1.82) is 0 Å². The van der Waals surface area contributed by atoms with Crippen molar-refractivity contribution in [1.82, 2.24) is 10.2 Å². The highest BCUT2D eigenvalue weighted by atomic mass is 79.9. The van der Waals surface area contributed by atoms with Crippen LogP contribution in [0.1, 0.15) is 30.6 Å². The maximum Gasteiger partial charge on any atom is 0.317 e. The van der Waals surface area contributed by atoms with Gasteiger partial charge >= 0.3 is 5.97 Å². The second-order valence-corrected chi connectivity index (χ2v) is 8.11. The topological polar surface area (TPSA) is 52.6 Å². The summed E-state index contributed by atoms with van der Waals surface area (Å²) in [7, 11) is 0. The molecule has 1 aromatic rings. The van der Waals surface area contributed by atoms with E-state index < -0.39 is 5.97 Å². The fourth-order valence-corrected chi connectivity index (χ4v) is 4.29. The predicted octanol–water partition coefficient (Wildman–Crippen LogP) is 2.93. The van der Waals surface area contributed by atoms with Crippen LogP contribution >= 0.6 is 27.3 Å². The molecule has 1 heterocycles. The maximum absolute atomic E-state index is 11.0. The van der Waals surface area contributed by atoms with E-state index in [4.69, 9.17) is 5.11 Å². The quantitative estimate of drug-likeness (QED) is 0.736. The van der Waals surface area contributed by atoms with E-state index in [0.29, 0.717) is 12.1 Å². The number of nitrogens with zero attached hydrogens (tertiary/aromatic N) is 1. The molecule has 2 aliphatic rings. The molecule has 0 atom stereocenters. The highest BCUT2D eigenvalue weighted by Gasteiger charge is 2.36. The van der Waals surface area contributed by atoms with Gasteiger partial charge in [-0.05, 0) is 53.6 Å². The van der Waals surface area contributed by atoms with Gasteiger partial charge in [-0.2, -0.15) is 0 Å². The van der Waals surface area contributed by atoms with Gasteiger partial charge in [0.2, 0.25) is 0 Å². The Hall–Kier alpha value is -0.430. The molecule has 0 aromatic carbocycles. The molecule has 116 valence electrons. The number of carbonyl (C=O) groups is 1. The summed E-state index contributed by atoms with van der Waals surface area (Å²) in [6.07, 6.45) is 4.70. The Morgan fingerprint density at radius 2 is 2.24 bits per heavy atom. The van der Waals surface area contributed by atoms with Gasteiger partial charge in [0.15, 0.2) is 0 Å². The summed E-state index contributed by atoms with van der Waals surface area (Å²) in [5, 5.41) is 14.7. The average Bonchev–Trinajstić information content (AvgIpc) is 3.07. The van der Waals surface area contributed by atoms with Crippen molar-refractivity contribution in [2.75, 3.05) is 13.1 Å². The van der Waals surface area contributed by atoms with Gasteiger partial charge in [0.1, 0.15) is 0 Å². The van der Waals surface area contributed by atoms with Crippen LogP contribution in [-0.2, 0) is 11.3 Å². The monoisotopic (exact) mass is 372 g/mol. The van der Waals surface area contributed by atoms with Crippen molar-refractivity contribution in [3.05, 3.63) is 20.8 Å². The third-order valence-corrected chi connectivity index (χ3v) is 6.04. The first kappa shape index (κ1) is 15.5. The standard InChI is InChI=1S/C15H21BrN2O2S/c16-11-3-14(21-9-11)6-17-12-4-13(5-12)18(8-15(19)20)7-10-1-2-10/h3,9-10,12-13,17H,1-2,4-8H2,(H,19,20). The molecule has 4 nitrogen and oxygen atoms in total. The van der Waals surface area contributed by atoms with Crippen molar-refractivity contribution in [3.8, 4) is 0 Å². The smallest absolute Gasteiger partial charge is 0.317 e. The molecule has 0 radical (unpaired) electrons. The molecule has 0 saturated heterocycles. The number of hydrogen-bond acceptors (Lipinski definition) is 4. The molecular weight excluding hydrogens is 352 g/mol. The molecule has 0 bridgehead atoms. The maximum atomic E-state index is 11.0. The van der Waals surface area contributed by atoms with Gasteiger partial charge in [-0.25, -0.2) is 0 Å². The Morgan fingerprint density at radius 3 is 2.81 bits per heavy atom. The molecule has 21 heavy (non-hydrogen) atoms. The lowest BCUT2D eigenvalue weighted by Crippen LogP contribution is -2.54. The largest absolute Gasteiger partial charge is 0.480 e. The van der Waals surface area contributed by atoms with E-state index in [1.165, 1.54) is 17.7 Å². The summed E-state index contributed by atoms with van der Waals surface area (Å²) in [5.74, 6) is 0.0512. The number of hydrogen-bond donors (Lipinski definition) is 2. The zero-order valence-electron chi connectivity index (χ0n) is 11.9. The van der Waals surface area contributed by atoms with Gasteiger partial charge in [-0.3, -0.25) is 9.69 Å². The zero-order chi connectivity index (χ0) is 14.8. The lowest BCUT2D eigenvalue weighted by atomic mass is 9.85. The minimum Gasteiger partial charge on any atom is -0.480 e. The molecule has 0 aliphatic heterocycles. The van der Waals surface area contributed by atoms with E-state index in [-0.39, 0.29) is 6.54 Å². The first-order valence-electron chi connectivity index (χ1n) is 7.52. The Balaban J connectivity index is 1.41. The molecule has 2 fully saturated rings. The Bertz CT molecular complexity index is 498. The fourth-order valence-electron chi connectivity index (χ4n) is 2.89. The summed E-state index contributed by atoms with van der Waals surface area (Å²) in [4.78, 5) is 14.5. The van der Waals surface area contributed by atoms with Crippen molar-refractivity contribution in [2.24, 2.45) is 5.92 Å². The number of aliphatic carboxylic acids is 1. The van der Waals surface area contributed by atoms with E-state index in [1.54, 1.807) is 11.3 Å². The Kier molecular flexibility index (Phi) is 4.99. The van der Waals surface area contributed by atoms with Crippen LogP contribution in [0.5, 0.6) is 0 Å². The fraction of sp³-hybridized carbons (Fsp3) is 0.667. The number of halogens is 1. The summed E-state index contributed by atoms with van der Waals surface area (Å²) >= 11 is 5.23. The van der Waals surface area contributed by atoms with Gasteiger partial charge in [-0.1, -0.05) is 0 Å². The van der Waals surface area contributed by atoms with Gasteiger partial charge in [0.25, 0.3) is 0 Å². The normalized spacial score (nSPS) is 25.0. The third kappa shape index (κ3) is 4.52. The second kappa shape index (κ2) is 6.77. The van der Waals surface area contributed by atoms with E-state index in [2.05, 4.69) is 37.6 Å². The first-order valence-corrected chi connectivity index (χ1v) is 9.19. The SMILES string of the molecule is O=C(O)CN(CC1CC1)C1CC(NCc2cc(Br)cs2)C1. The summed E-state index contributed by atoms with van der Waals surface area (Å²) in [6, 6.07) is 3.14. The Morgan fingerprint density at radius 1 is 1.48 bits per heavy atom. The van der Waals surface area contributed by atoms with E-state index in [9.17, 15) is 4.79 Å². The molecular formula is C15H21BrN2O2S. The number of nitrogens with one attached hydrogen (secondary N) is 1. The summed E-state index contributed by atoms with van der Waals surface area (Å²) < 4.78 is 1.15. The van der Waals surface area contributed by atoms with Gasteiger partial charge in [-0.15, -0.1) is 11.3 Å². The van der Waals surface area contributed by atoms with Gasteiger partial charge in [0, 0.05) is 39.9 Å². The highest BCUT2D eigenvalue weighted by Crippen LogP contribution is 2.34. The average molecular weight is 373 g/mol. The van der Waals surface area contributed by atoms with Gasteiger partial charge in [0.05, 0.1) is 6.54 Å². The van der Waals surface area contributed by atoms with Gasteiger partial charge < -0.3 is 10.4 Å². The van der Waals surface area contributed by atoms with Crippen LogP contribution in [0.4, 0.5) is 0 Å². The van der Waals surface area contributed by atoms with Crippen LogP contribution in [0.15, 0.2) is 15.9 Å². The second-order valence-electron chi connectivity index (χ2n) is 6.20. The number of carboxylic acids is 1. The number of carboxylic acid groups (broad SMARTS) is 1. The molecule has 2 N–H and O–H groups in total. The minimum atomic E-state index is -0.699. The first-order chi connectivity index (χ1) is 10.1. The molecule has 3 rings (SSSR count). The van der Waals surface area contributed by atoms with Crippen LogP contribution in [0, 0.1) is 5.92 Å². The molecule has 2 saturated carbocycles. The van der Waals surface area contributed by atoms with E-state index in [0.717, 1.165) is 36.3 Å². The van der Waals surface area contributed by atoms with E-state index >= 15 is 0 Å². The van der Waals surface area contributed by atoms with Crippen LogP contribution in [0.3, 0.4) is 0 Å². The van der Waals surface area contributed by atoms with Crippen molar-refractivity contribution < 1.29 is 9.90 Å². The van der Waals surface area contributed by atoms with Crippen LogP contribution < -0.4 is 5.32 Å². The summed E-state index contributed by atoms with van der Waals surface area (Å²) in [6.45, 7) is 2.09. The summed E-state index contributed by atoms with van der Waals surface area (Å²) in [5.41, 5.74) is 0. The molecule has 0 spiro atoms. The highest BCUT2D eigenvalue weighted by molar-refractivity contribution is 9.10. The van der Waals surface area contributed by atoms with Crippen LogP contribution in [0.25, 0.3) is 0 Å². The zero-order valence-corrected chi connectivity index (χ0v) is 14.3. The number of rotatable bonds is 8. The van der Waals surface area contributed by atoms with Crippen LogP contribution in [-0.4, -0.2) is 41.1 Å².